The van der Waals surface area contributed by atoms with Crippen molar-refractivity contribution < 1.29 is 14.3 Å². The van der Waals surface area contributed by atoms with Crippen molar-refractivity contribution in [3.63, 3.8) is 0 Å². The Morgan fingerprint density at radius 2 is 1.93 bits per heavy atom. The molecule has 0 unspecified atom stereocenters. The summed E-state index contributed by atoms with van der Waals surface area (Å²) in [5.74, 6) is -1.55. The third kappa shape index (κ3) is 4.61. The highest BCUT2D eigenvalue weighted by atomic mass is 16.5. The van der Waals surface area contributed by atoms with Gasteiger partial charge in [0, 0.05) is 6.08 Å². The molecule has 0 aliphatic heterocycles. The first-order valence-corrected chi connectivity index (χ1v) is 4.33. The molecular weight excluding hydrogens is 194 g/mol. The first kappa shape index (κ1) is 11.0. The highest BCUT2D eigenvalue weighted by Crippen LogP contribution is 2.00. The molecule has 0 aliphatic rings. The minimum atomic E-state index is -0.920. The van der Waals surface area contributed by atoms with Crippen LogP contribution in [-0.4, -0.2) is 18.5 Å². The molecular formula is C11H10NO3. The molecule has 0 fully saturated rings. The fourth-order valence-corrected chi connectivity index (χ4v) is 0.913. The van der Waals surface area contributed by atoms with E-state index >= 15 is 0 Å². The van der Waals surface area contributed by atoms with Crippen LogP contribution in [0.1, 0.15) is 5.56 Å². The third-order valence-electron chi connectivity index (χ3n) is 1.56. The van der Waals surface area contributed by atoms with Crippen LogP contribution in [-0.2, 0) is 14.3 Å². The van der Waals surface area contributed by atoms with E-state index in [4.69, 9.17) is 5.73 Å². The molecule has 4 heteroatoms. The molecule has 1 aromatic carbocycles. The van der Waals surface area contributed by atoms with Crippen LogP contribution in [0.2, 0.25) is 0 Å². The van der Waals surface area contributed by atoms with Gasteiger partial charge in [-0.25, -0.2) is 4.79 Å². The van der Waals surface area contributed by atoms with Crippen LogP contribution < -0.4 is 5.73 Å². The second-order valence-corrected chi connectivity index (χ2v) is 2.77. The molecule has 0 aliphatic carbocycles. The Hall–Kier alpha value is -2.10. The van der Waals surface area contributed by atoms with Gasteiger partial charge in [-0.2, -0.15) is 0 Å². The van der Waals surface area contributed by atoms with Crippen LogP contribution in [0.4, 0.5) is 0 Å². The first-order chi connectivity index (χ1) is 7.18. The number of carbonyl (C=O) groups is 2. The van der Waals surface area contributed by atoms with Crippen molar-refractivity contribution in [1.82, 2.24) is 5.73 Å². The summed E-state index contributed by atoms with van der Waals surface area (Å²) in [4.78, 5) is 21.2. The van der Waals surface area contributed by atoms with Crippen LogP contribution in [0.5, 0.6) is 0 Å². The van der Waals surface area contributed by atoms with E-state index in [1.165, 1.54) is 6.08 Å². The zero-order chi connectivity index (χ0) is 11.1. The van der Waals surface area contributed by atoms with Gasteiger partial charge in [0.2, 0.25) is 0 Å². The number of ether oxygens (including phenoxy) is 1. The Kier molecular flexibility index (Phi) is 4.09. The summed E-state index contributed by atoms with van der Waals surface area (Å²) in [6, 6.07) is 9.23. The third-order valence-corrected chi connectivity index (χ3v) is 1.56. The maximum Gasteiger partial charge on any atom is 0.331 e. The van der Waals surface area contributed by atoms with Gasteiger partial charge in [0.1, 0.15) is 0 Å². The Balaban J connectivity index is 2.44. The quantitative estimate of drug-likeness (QED) is 0.543. The molecule has 1 aromatic rings. The standard InChI is InChI=1S/C11H10NO3/c12-10(13)8-15-11(14)7-6-9-4-2-1-3-5-9/h1-7,12H,8H2/b7-6+. The molecule has 1 rings (SSSR count). The Morgan fingerprint density at radius 3 is 2.53 bits per heavy atom. The van der Waals surface area contributed by atoms with E-state index in [0.717, 1.165) is 5.56 Å². The van der Waals surface area contributed by atoms with E-state index in [1.54, 1.807) is 6.08 Å². The highest BCUT2D eigenvalue weighted by Gasteiger charge is 1.99. The molecule has 0 aromatic heterocycles. The van der Waals surface area contributed by atoms with Crippen molar-refractivity contribution in [1.29, 1.82) is 0 Å². The summed E-state index contributed by atoms with van der Waals surface area (Å²) in [6.45, 7) is -0.502. The highest BCUT2D eigenvalue weighted by molar-refractivity contribution is 5.88. The van der Waals surface area contributed by atoms with Gasteiger partial charge in [0.25, 0.3) is 5.91 Å². The summed E-state index contributed by atoms with van der Waals surface area (Å²) < 4.78 is 4.46. The van der Waals surface area contributed by atoms with Gasteiger partial charge in [-0.3, -0.25) is 10.5 Å². The lowest BCUT2D eigenvalue weighted by molar-refractivity contribution is -0.142. The molecule has 0 bridgehead atoms. The van der Waals surface area contributed by atoms with Crippen LogP contribution in [0.15, 0.2) is 36.4 Å². The van der Waals surface area contributed by atoms with Crippen LogP contribution in [0, 0.1) is 0 Å². The zero-order valence-corrected chi connectivity index (χ0v) is 7.97. The fraction of sp³-hybridized carbons (Fsp3) is 0.0909. The Morgan fingerprint density at radius 1 is 1.27 bits per heavy atom. The number of amides is 1. The minimum Gasteiger partial charge on any atom is -0.452 e. The number of benzene rings is 1. The summed E-state index contributed by atoms with van der Waals surface area (Å²) in [5.41, 5.74) is 7.39. The Labute approximate surface area is 87.3 Å². The van der Waals surface area contributed by atoms with Gasteiger partial charge < -0.3 is 4.74 Å². The monoisotopic (exact) mass is 204 g/mol. The van der Waals surface area contributed by atoms with Crippen LogP contribution in [0.3, 0.4) is 0 Å². The Bertz CT molecular complexity index is 371. The van der Waals surface area contributed by atoms with Crippen molar-refractivity contribution in [2.24, 2.45) is 0 Å². The van der Waals surface area contributed by atoms with Crippen molar-refractivity contribution in [2.75, 3.05) is 6.61 Å². The lowest BCUT2D eigenvalue weighted by Crippen LogP contribution is -2.12. The summed E-state index contributed by atoms with van der Waals surface area (Å²) >= 11 is 0. The number of esters is 1. The first-order valence-electron chi connectivity index (χ1n) is 4.33. The molecule has 0 saturated carbocycles. The maximum atomic E-state index is 11.0. The maximum absolute atomic E-state index is 11.0. The number of hydrogen-bond donors (Lipinski definition) is 0. The molecule has 4 nitrogen and oxygen atoms in total. The van der Waals surface area contributed by atoms with Crippen molar-refractivity contribution in [3.05, 3.63) is 42.0 Å². The predicted molar refractivity (Wildman–Crippen MR) is 54.5 cm³/mol. The molecule has 0 heterocycles. The molecule has 0 saturated heterocycles. The number of nitrogens with one attached hydrogen (secondary N) is 1. The lowest BCUT2D eigenvalue weighted by Gasteiger charge is -1.96. The van der Waals surface area contributed by atoms with E-state index in [-0.39, 0.29) is 0 Å². The van der Waals surface area contributed by atoms with Gasteiger partial charge in [0.15, 0.2) is 6.61 Å². The number of carbonyl (C=O) groups excluding carboxylic acids is 2. The van der Waals surface area contributed by atoms with Gasteiger partial charge >= 0.3 is 5.97 Å². The molecule has 0 atom stereocenters. The summed E-state index contributed by atoms with van der Waals surface area (Å²) in [7, 11) is 0. The molecule has 77 valence electrons. The molecule has 0 spiro atoms. The van der Waals surface area contributed by atoms with Crippen molar-refractivity contribution >= 4 is 18.0 Å². The van der Waals surface area contributed by atoms with Crippen LogP contribution in [0.25, 0.3) is 6.08 Å². The average Bonchev–Trinajstić information content (AvgIpc) is 2.25. The van der Waals surface area contributed by atoms with Crippen molar-refractivity contribution in [3.8, 4) is 0 Å². The SMILES string of the molecule is [NH]C(=O)COC(=O)/C=C/c1ccccc1. The van der Waals surface area contributed by atoms with E-state index < -0.39 is 18.5 Å². The fourth-order valence-electron chi connectivity index (χ4n) is 0.913. The largest absolute Gasteiger partial charge is 0.452 e. The zero-order valence-electron chi connectivity index (χ0n) is 7.97. The van der Waals surface area contributed by atoms with Crippen LogP contribution >= 0.6 is 0 Å². The van der Waals surface area contributed by atoms with E-state index in [0.29, 0.717) is 0 Å². The minimum absolute atomic E-state index is 0.502. The number of rotatable bonds is 4. The van der Waals surface area contributed by atoms with Crippen molar-refractivity contribution in [2.45, 2.75) is 0 Å². The molecule has 1 amide bonds. The second-order valence-electron chi connectivity index (χ2n) is 2.77. The lowest BCUT2D eigenvalue weighted by atomic mass is 10.2. The van der Waals surface area contributed by atoms with E-state index in [2.05, 4.69) is 4.74 Å². The molecule has 1 N–H and O–H groups in total. The summed E-state index contributed by atoms with van der Waals surface area (Å²) in [6.07, 6.45) is 2.80. The number of hydrogen-bond acceptors (Lipinski definition) is 3. The average molecular weight is 204 g/mol. The smallest absolute Gasteiger partial charge is 0.331 e. The van der Waals surface area contributed by atoms with E-state index in [1.807, 2.05) is 30.3 Å². The van der Waals surface area contributed by atoms with Gasteiger partial charge in [-0.1, -0.05) is 30.3 Å². The predicted octanol–water partition coefficient (Wildman–Crippen LogP) is 1.05. The van der Waals surface area contributed by atoms with Gasteiger partial charge in [-0.05, 0) is 11.6 Å². The van der Waals surface area contributed by atoms with E-state index in [9.17, 15) is 9.59 Å². The van der Waals surface area contributed by atoms with Gasteiger partial charge in [0.05, 0.1) is 0 Å². The molecule has 1 radical (unpaired) electrons. The normalized spacial score (nSPS) is 10.1. The topological polar surface area (TPSA) is 67.2 Å². The summed E-state index contributed by atoms with van der Waals surface area (Å²) in [5, 5.41) is 0. The molecule has 15 heavy (non-hydrogen) atoms. The van der Waals surface area contributed by atoms with Gasteiger partial charge in [-0.15, -0.1) is 0 Å². The second kappa shape index (κ2) is 5.59.